The quantitative estimate of drug-likeness (QED) is 0.441. The lowest BCUT2D eigenvalue weighted by molar-refractivity contribution is -0.120. The van der Waals surface area contributed by atoms with Crippen LogP contribution in [-0.4, -0.2) is 20.9 Å². The van der Waals surface area contributed by atoms with Gasteiger partial charge in [0.1, 0.15) is 6.54 Å². The van der Waals surface area contributed by atoms with E-state index < -0.39 is 10.0 Å². The summed E-state index contributed by atoms with van der Waals surface area (Å²) in [5.74, 6) is -0.368. The Morgan fingerprint density at radius 1 is 0.886 bits per heavy atom. The van der Waals surface area contributed by atoms with Crippen LogP contribution in [0.15, 0.2) is 71.6 Å². The Bertz CT molecular complexity index is 1290. The molecule has 0 spiro atoms. The number of amides is 1. The third kappa shape index (κ3) is 6.31. The number of aryl methyl sites for hydroxylation is 3. The zero-order valence-corrected chi connectivity index (χ0v) is 22.5. The molecule has 3 rings (SSSR count). The van der Waals surface area contributed by atoms with Gasteiger partial charge in [-0.05, 0) is 68.0 Å². The zero-order valence-electron chi connectivity index (χ0n) is 21.7. The van der Waals surface area contributed by atoms with E-state index >= 15 is 0 Å². The van der Waals surface area contributed by atoms with Crippen molar-refractivity contribution in [3.05, 3.63) is 94.5 Å². The molecule has 3 aromatic rings. The van der Waals surface area contributed by atoms with Gasteiger partial charge in [-0.3, -0.25) is 9.10 Å². The minimum absolute atomic E-state index is 0.0434. The Morgan fingerprint density at radius 3 is 2.00 bits per heavy atom. The minimum Gasteiger partial charge on any atom is -0.348 e. The average molecular weight is 493 g/mol. The molecule has 0 aliphatic carbocycles. The first kappa shape index (κ1) is 26.5. The van der Waals surface area contributed by atoms with E-state index in [0.717, 1.165) is 22.3 Å². The Kier molecular flexibility index (Phi) is 7.75. The van der Waals surface area contributed by atoms with Gasteiger partial charge in [0.15, 0.2) is 0 Å². The van der Waals surface area contributed by atoms with Crippen LogP contribution in [0.2, 0.25) is 0 Å². The van der Waals surface area contributed by atoms with Crippen molar-refractivity contribution in [2.24, 2.45) is 0 Å². The van der Waals surface area contributed by atoms with Crippen LogP contribution in [0.1, 0.15) is 61.6 Å². The van der Waals surface area contributed by atoms with Crippen molar-refractivity contribution in [1.29, 1.82) is 0 Å². The van der Waals surface area contributed by atoms with Gasteiger partial charge < -0.3 is 5.32 Å². The summed E-state index contributed by atoms with van der Waals surface area (Å²) >= 11 is 0. The topological polar surface area (TPSA) is 66.5 Å². The van der Waals surface area contributed by atoms with Gasteiger partial charge in [0.2, 0.25) is 5.91 Å². The summed E-state index contributed by atoms with van der Waals surface area (Å²) in [5, 5.41) is 2.97. The largest absolute Gasteiger partial charge is 0.348 e. The number of sulfonamides is 1. The van der Waals surface area contributed by atoms with Crippen molar-refractivity contribution < 1.29 is 13.2 Å². The highest BCUT2D eigenvalue weighted by atomic mass is 32.2. The molecule has 0 heterocycles. The Hall–Kier alpha value is -3.12. The van der Waals surface area contributed by atoms with E-state index in [4.69, 9.17) is 0 Å². The fourth-order valence-corrected chi connectivity index (χ4v) is 5.48. The third-order valence-electron chi connectivity index (χ3n) is 6.17. The minimum atomic E-state index is -3.95. The van der Waals surface area contributed by atoms with E-state index in [1.807, 2.05) is 52.0 Å². The van der Waals surface area contributed by atoms with E-state index in [0.29, 0.717) is 5.69 Å². The van der Waals surface area contributed by atoms with Crippen LogP contribution < -0.4 is 9.62 Å². The summed E-state index contributed by atoms with van der Waals surface area (Å²) in [6.45, 7) is 13.8. The molecule has 186 valence electrons. The summed E-state index contributed by atoms with van der Waals surface area (Å²) in [4.78, 5) is 13.3. The van der Waals surface area contributed by atoms with E-state index in [-0.39, 0.29) is 28.8 Å². The predicted octanol–water partition coefficient (Wildman–Crippen LogP) is 5.98. The van der Waals surface area contributed by atoms with Crippen LogP contribution in [0.25, 0.3) is 0 Å². The van der Waals surface area contributed by atoms with Gasteiger partial charge in [0.05, 0.1) is 16.6 Å². The van der Waals surface area contributed by atoms with Crippen molar-refractivity contribution in [3.8, 4) is 0 Å². The number of hydrogen-bond acceptors (Lipinski definition) is 3. The molecule has 6 heteroatoms. The Balaban J connectivity index is 1.88. The van der Waals surface area contributed by atoms with Gasteiger partial charge in [-0.25, -0.2) is 8.42 Å². The Labute approximate surface area is 210 Å². The molecule has 35 heavy (non-hydrogen) atoms. The highest BCUT2D eigenvalue weighted by Crippen LogP contribution is 2.28. The maximum absolute atomic E-state index is 13.6. The van der Waals surface area contributed by atoms with Crippen molar-refractivity contribution in [1.82, 2.24) is 5.32 Å². The second kappa shape index (κ2) is 10.2. The summed E-state index contributed by atoms with van der Waals surface area (Å²) in [6.07, 6.45) is 0. The fourth-order valence-electron chi connectivity index (χ4n) is 4.00. The molecular formula is C29H36N2O3S. The van der Waals surface area contributed by atoms with Gasteiger partial charge in [-0.15, -0.1) is 0 Å². The van der Waals surface area contributed by atoms with E-state index in [9.17, 15) is 13.2 Å². The molecule has 0 aromatic heterocycles. The summed E-state index contributed by atoms with van der Waals surface area (Å²) in [5.41, 5.74) is 5.49. The molecule has 0 bridgehead atoms. The van der Waals surface area contributed by atoms with Crippen LogP contribution in [0, 0.1) is 20.8 Å². The molecule has 0 radical (unpaired) electrons. The smallest absolute Gasteiger partial charge is 0.264 e. The molecule has 0 aliphatic rings. The zero-order chi connectivity index (χ0) is 26.0. The van der Waals surface area contributed by atoms with Crippen molar-refractivity contribution in [2.45, 2.75) is 64.8 Å². The van der Waals surface area contributed by atoms with E-state index in [2.05, 4.69) is 38.2 Å². The fraction of sp³-hybridized carbons (Fsp3) is 0.345. The van der Waals surface area contributed by atoms with Gasteiger partial charge in [-0.2, -0.15) is 0 Å². The van der Waals surface area contributed by atoms with Crippen LogP contribution in [0.3, 0.4) is 0 Å². The van der Waals surface area contributed by atoms with Gasteiger partial charge >= 0.3 is 0 Å². The number of nitrogens with zero attached hydrogens (tertiary/aromatic N) is 1. The number of rotatable bonds is 7. The molecule has 0 fully saturated rings. The number of benzene rings is 3. The highest BCUT2D eigenvalue weighted by Gasteiger charge is 2.29. The SMILES string of the molecule is Cc1ccc(S(=O)(=O)N(CC(=O)N[C@@H](C)c2ccc(C(C)(C)C)cc2)c2ccc(C)cc2C)cc1. The first-order valence-electron chi connectivity index (χ1n) is 11.9. The molecular weight excluding hydrogens is 456 g/mol. The second-order valence-corrected chi connectivity index (χ2v) is 12.1. The van der Waals surface area contributed by atoms with Crippen LogP contribution in [0.4, 0.5) is 5.69 Å². The molecule has 0 saturated heterocycles. The maximum Gasteiger partial charge on any atom is 0.264 e. The lowest BCUT2D eigenvalue weighted by atomic mass is 9.86. The third-order valence-corrected chi connectivity index (χ3v) is 7.95. The van der Waals surface area contributed by atoms with Gasteiger partial charge in [0.25, 0.3) is 10.0 Å². The summed E-state index contributed by atoms with van der Waals surface area (Å²) in [6, 6.07) is 20.1. The molecule has 1 amide bonds. The normalized spacial score (nSPS) is 12.8. The summed E-state index contributed by atoms with van der Waals surface area (Å²) < 4.78 is 28.5. The molecule has 3 aromatic carbocycles. The average Bonchev–Trinajstić information content (AvgIpc) is 2.77. The second-order valence-electron chi connectivity index (χ2n) is 10.3. The molecule has 5 nitrogen and oxygen atoms in total. The van der Waals surface area contributed by atoms with Crippen molar-refractivity contribution in [2.75, 3.05) is 10.8 Å². The van der Waals surface area contributed by atoms with Gasteiger partial charge in [0, 0.05) is 0 Å². The molecule has 0 saturated carbocycles. The van der Waals surface area contributed by atoms with Crippen molar-refractivity contribution >= 4 is 21.6 Å². The van der Waals surface area contributed by atoms with Gasteiger partial charge in [-0.1, -0.05) is 80.4 Å². The van der Waals surface area contributed by atoms with E-state index in [1.165, 1.54) is 9.87 Å². The molecule has 1 N–H and O–H groups in total. The standard InChI is InChI=1S/C29H36N2O3S/c1-20-8-15-26(16-9-20)35(33,34)31(27-17-10-21(2)18-22(27)3)19-28(32)30-23(4)24-11-13-25(14-12-24)29(5,6)7/h8-18,23H,19H2,1-7H3,(H,30,32)/t23-/m0/s1. The first-order valence-corrected chi connectivity index (χ1v) is 13.3. The number of hydrogen-bond donors (Lipinski definition) is 1. The maximum atomic E-state index is 13.6. The molecule has 0 unspecified atom stereocenters. The first-order chi connectivity index (χ1) is 16.3. The number of carbonyl (C=O) groups is 1. The number of nitrogens with one attached hydrogen (secondary N) is 1. The summed E-state index contributed by atoms with van der Waals surface area (Å²) in [7, 11) is -3.95. The molecule has 1 atom stereocenters. The van der Waals surface area contributed by atoms with Crippen LogP contribution >= 0.6 is 0 Å². The van der Waals surface area contributed by atoms with Crippen LogP contribution in [-0.2, 0) is 20.2 Å². The van der Waals surface area contributed by atoms with Crippen LogP contribution in [0.5, 0.6) is 0 Å². The Morgan fingerprint density at radius 2 is 1.46 bits per heavy atom. The number of anilines is 1. The van der Waals surface area contributed by atoms with Crippen molar-refractivity contribution in [3.63, 3.8) is 0 Å². The molecule has 0 aliphatic heterocycles. The van der Waals surface area contributed by atoms with E-state index in [1.54, 1.807) is 30.3 Å². The number of carbonyl (C=O) groups excluding carboxylic acids is 1. The lowest BCUT2D eigenvalue weighted by Gasteiger charge is -2.27. The predicted molar refractivity (Wildman–Crippen MR) is 143 cm³/mol. The highest BCUT2D eigenvalue weighted by molar-refractivity contribution is 7.92. The lowest BCUT2D eigenvalue weighted by Crippen LogP contribution is -2.42. The monoisotopic (exact) mass is 492 g/mol.